The number of aliphatic hydroxyl groups is 1. The number of rotatable bonds is 5. The van der Waals surface area contributed by atoms with Crippen LogP contribution in [0.5, 0.6) is 0 Å². The Hall–Kier alpha value is -0.260. The van der Waals surface area contributed by atoms with Gasteiger partial charge in [0.05, 0.1) is 11.5 Å². The monoisotopic (exact) mass is 246 g/mol. The summed E-state index contributed by atoms with van der Waals surface area (Å²) in [5.41, 5.74) is -0.808. The highest BCUT2D eigenvalue weighted by atomic mass is 32.2. The van der Waals surface area contributed by atoms with Gasteiger partial charge >= 0.3 is 0 Å². The Morgan fingerprint density at radius 2 is 2.44 bits per heavy atom. The first-order chi connectivity index (χ1) is 7.55. The molecule has 16 heavy (non-hydrogen) atoms. The quantitative estimate of drug-likeness (QED) is 0.649. The summed E-state index contributed by atoms with van der Waals surface area (Å²) >= 11 is 1.58. The number of carbonyl (C=O) groups is 1. The van der Waals surface area contributed by atoms with Crippen molar-refractivity contribution in [2.24, 2.45) is 5.92 Å². The molecule has 5 heteroatoms. The minimum Gasteiger partial charge on any atom is -0.387 e. The lowest BCUT2D eigenvalue weighted by Gasteiger charge is -2.26. The highest BCUT2D eigenvalue weighted by Gasteiger charge is 2.24. The van der Waals surface area contributed by atoms with Crippen LogP contribution in [0.25, 0.3) is 0 Å². The average molecular weight is 246 g/mol. The molecule has 0 spiro atoms. The fraction of sp³-hybridized carbons (Fsp3) is 0.909. The molecule has 3 N–H and O–H groups in total. The average Bonchev–Trinajstić information content (AvgIpc) is 2.27. The predicted molar refractivity (Wildman–Crippen MR) is 67.6 cm³/mol. The molecule has 0 aromatic heterocycles. The van der Waals surface area contributed by atoms with E-state index >= 15 is 0 Å². The first-order valence-corrected chi connectivity index (χ1v) is 7.14. The molecule has 0 radical (unpaired) electrons. The molecule has 1 fully saturated rings. The molecule has 94 valence electrons. The standard InChI is InChI=1S/C11H22N2O2S/c1-11(15,8-16-2)7-13-10(14)9-4-3-5-12-6-9/h9,12,15H,3-8H2,1-2H3,(H,13,14)/t9-,11?/m1/s1. The Morgan fingerprint density at radius 3 is 3.00 bits per heavy atom. The van der Waals surface area contributed by atoms with Crippen LogP contribution in [0.1, 0.15) is 19.8 Å². The third-order valence-corrected chi connectivity index (χ3v) is 3.68. The van der Waals surface area contributed by atoms with Crippen molar-refractivity contribution in [3.63, 3.8) is 0 Å². The van der Waals surface area contributed by atoms with Gasteiger partial charge in [0.1, 0.15) is 0 Å². The molecule has 1 rings (SSSR count). The van der Waals surface area contributed by atoms with Crippen molar-refractivity contribution < 1.29 is 9.90 Å². The maximum Gasteiger partial charge on any atom is 0.224 e. The van der Waals surface area contributed by atoms with E-state index < -0.39 is 5.60 Å². The minimum atomic E-state index is -0.808. The van der Waals surface area contributed by atoms with Crippen LogP contribution >= 0.6 is 11.8 Å². The molecule has 1 aliphatic rings. The third kappa shape index (κ3) is 4.72. The molecular weight excluding hydrogens is 224 g/mol. The second-order valence-electron chi connectivity index (χ2n) is 4.69. The molecule has 0 aliphatic carbocycles. The summed E-state index contributed by atoms with van der Waals surface area (Å²) in [5, 5.41) is 16.0. The number of thioether (sulfide) groups is 1. The van der Waals surface area contributed by atoms with Crippen LogP contribution in [0.15, 0.2) is 0 Å². The van der Waals surface area contributed by atoms with E-state index in [0.717, 1.165) is 25.9 Å². The fourth-order valence-electron chi connectivity index (χ4n) is 1.86. The number of nitrogens with one attached hydrogen (secondary N) is 2. The first-order valence-electron chi connectivity index (χ1n) is 5.75. The molecular formula is C11H22N2O2S. The maximum atomic E-state index is 11.8. The lowest BCUT2D eigenvalue weighted by atomic mass is 9.98. The minimum absolute atomic E-state index is 0.0635. The topological polar surface area (TPSA) is 61.4 Å². The van der Waals surface area contributed by atoms with Gasteiger partial charge in [-0.1, -0.05) is 0 Å². The van der Waals surface area contributed by atoms with Crippen LogP contribution < -0.4 is 10.6 Å². The van der Waals surface area contributed by atoms with Crippen LogP contribution in [0.4, 0.5) is 0 Å². The summed E-state index contributed by atoms with van der Waals surface area (Å²) in [5.74, 6) is 0.767. The van der Waals surface area contributed by atoms with Gasteiger partial charge in [0.25, 0.3) is 0 Å². The van der Waals surface area contributed by atoms with Crippen LogP contribution in [0, 0.1) is 5.92 Å². The Labute approximate surface area is 102 Å². The molecule has 0 aromatic carbocycles. The van der Waals surface area contributed by atoms with Gasteiger partial charge < -0.3 is 15.7 Å². The highest BCUT2D eigenvalue weighted by molar-refractivity contribution is 7.98. The summed E-state index contributed by atoms with van der Waals surface area (Å²) in [6, 6.07) is 0. The fourth-order valence-corrected chi connectivity index (χ4v) is 2.58. The van der Waals surface area contributed by atoms with Gasteiger partial charge in [-0.3, -0.25) is 4.79 Å². The second kappa shape index (κ2) is 6.47. The zero-order valence-corrected chi connectivity index (χ0v) is 10.9. The summed E-state index contributed by atoms with van der Waals surface area (Å²) < 4.78 is 0. The molecule has 1 heterocycles. The smallest absolute Gasteiger partial charge is 0.224 e. The van der Waals surface area contributed by atoms with E-state index in [4.69, 9.17) is 0 Å². The van der Waals surface area contributed by atoms with Crippen LogP contribution in [-0.2, 0) is 4.79 Å². The number of piperidine rings is 1. The van der Waals surface area contributed by atoms with E-state index in [2.05, 4.69) is 10.6 Å². The highest BCUT2D eigenvalue weighted by Crippen LogP contribution is 2.12. The SMILES string of the molecule is CSCC(C)(O)CNC(=O)[C@@H]1CCCNC1. The predicted octanol–water partition coefficient (Wildman–Crippen LogP) is 0.216. The molecule has 1 aliphatic heterocycles. The van der Waals surface area contributed by atoms with Crippen molar-refractivity contribution in [2.45, 2.75) is 25.4 Å². The number of hydrogen-bond acceptors (Lipinski definition) is 4. The van der Waals surface area contributed by atoms with Gasteiger partial charge in [-0.05, 0) is 32.6 Å². The van der Waals surface area contributed by atoms with Crippen molar-refractivity contribution >= 4 is 17.7 Å². The Balaban J connectivity index is 2.28. The molecule has 0 bridgehead atoms. The second-order valence-corrected chi connectivity index (χ2v) is 5.56. The summed E-state index contributed by atoms with van der Waals surface area (Å²) in [6.45, 7) is 3.86. The summed E-state index contributed by atoms with van der Waals surface area (Å²) in [6.07, 6.45) is 3.95. The molecule has 2 atom stereocenters. The van der Waals surface area contributed by atoms with E-state index in [1.54, 1.807) is 18.7 Å². The zero-order valence-electron chi connectivity index (χ0n) is 10.1. The summed E-state index contributed by atoms with van der Waals surface area (Å²) in [7, 11) is 0. The van der Waals surface area contributed by atoms with Crippen molar-refractivity contribution in [1.82, 2.24) is 10.6 Å². The lowest BCUT2D eigenvalue weighted by molar-refractivity contribution is -0.126. The van der Waals surface area contributed by atoms with Crippen LogP contribution in [0.2, 0.25) is 0 Å². The molecule has 0 saturated carbocycles. The molecule has 1 saturated heterocycles. The molecule has 1 unspecified atom stereocenters. The normalized spacial score (nSPS) is 24.8. The number of hydrogen-bond donors (Lipinski definition) is 3. The maximum absolute atomic E-state index is 11.8. The van der Waals surface area contributed by atoms with E-state index in [1.807, 2.05) is 6.26 Å². The van der Waals surface area contributed by atoms with Gasteiger partial charge in [-0.15, -0.1) is 0 Å². The van der Waals surface area contributed by atoms with Gasteiger partial charge in [-0.25, -0.2) is 0 Å². The molecule has 4 nitrogen and oxygen atoms in total. The zero-order chi connectivity index (χ0) is 12.0. The van der Waals surface area contributed by atoms with Crippen molar-refractivity contribution in [2.75, 3.05) is 31.6 Å². The third-order valence-electron chi connectivity index (χ3n) is 2.77. The van der Waals surface area contributed by atoms with E-state index in [0.29, 0.717) is 12.3 Å². The number of carbonyl (C=O) groups excluding carboxylic acids is 1. The van der Waals surface area contributed by atoms with E-state index in [9.17, 15) is 9.90 Å². The first kappa shape index (κ1) is 13.8. The number of amides is 1. The van der Waals surface area contributed by atoms with Gasteiger partial charge in [0.15, 0.2) is 0 Å². The van der Waals surface area contributed by atoms with Gasteiger partial charge in [-0.2, -0.15) is 11.8 Å². The van der Waals surface area contributed by atoms with Crippen molar-refractivity contribution in [1.29, 1.82) is 0 Å². The van der Waals surface area contributed by atoms with E-state index in [1.165, 1.54) is 0 Å². The van der Waals surface area contributed by atoms with Gasteiger partial charge in [0.2, 0.25) is 5.91 Å². The van der Waals surface area contributed by atoms with Crippen LogP contribution in [-0.4, -0.2) is 48.3 Å². The van der Waals surface area contributed by atoms with Crippen molar-refractivity contribution in [3.05, 3.63) is 0 Å². The van der Waals surface area contributed by atoms with E-state index in [-0.39, 0.29) is 11.8 Å². The molecule has 1 amide bonds. The summed E-state index contributed by atoms with van der Waals surface area (Å²) in [4.78, 5) is 11.8. The molecule has 0 aromatic rings. The van der Waals surface area contributed by atoms with Crippen molar-refractivity contribution in [3.8, 4) is 0 Å². The van der Waals surface area contributed by atoms with Crippen LogP contribution in [0.3, 0.4) is 0 Å². The van der Waals surface area contributed by atoms with Gasteiger partial charge in [0, 0.05) is 18.8 Å². The largest absolute Gasteiger partial charge is 0.387 e. The Morgan fingerprint density at radius 1 is 1.69 bits per heavy atom. The Bertz CT molecular complexity index is 228. The Kier molecular flexibility index (Phi) is 5.58. The lowest BCUT2D eigenvalue weighted by Crippen LogP contribution is -2.47.